The van der Waals surface area contributed by atoms with Crippen molar-refractivity contribution < 1.29 is 14.4 Å². The van der Waals surface area contributed by atoms with E-state index in [1.807, 2.05) is 36.1 Å². The monoisotopic (exact) mass is 418 g/mol. The van der Waals surface area contributed by atoms with Gasteiger partial charge >= 0.3 is 6.03 Å². The molecule has 8 heteroatoms. The first-order chi connectivity index (χ1) is 14.0. The standard InChI is InChI=1S/C21H30N4O3S/c1-16(17-6-8-18(9-7-17)25-13-5-10-22-21(25)28)23-19(26)14-29-15-20(27)24-11-3-2-4-12-24/h6-9,16H,2-5,10-15H2,1H3,(H,22,28)(H,23,26)/t16-/m0/s1. The maximum absolute atomic E-state index is 12.2. The van der Waals surface area contributed by atoms with Crippen molar-refractivity contribution in [2.45, 2.75) is 38.6 Å². The highest BCUT2D eigenvalue weighted by atomic mass is 32.2. The molecule has 2 N–H and O–H groups in total. The molecule has 4 amide bonds. The lowest BCUT2D eigenvalue weighted by Crippen LogP contribution is -2.46. The van der Waals surface area contributed by atoms with Crippen LogP contribution in [0.1, 0.15) is 44.2 Å². The lowest BCUT2D eigenvalue weighted by atomic mass is 10.1. The Balaban J connectivity index is 1.42. The second kappa shape index (κ2) is 10.5. The molecule has 29 heavy (non-hydrogen) atoms. The lowest BCUT2D eigenvalue weighted by molar-refractivity contribution is -0.129. The molecule has 2 aliphatic heterocycles. The van der Waals surface area contributed by atoms with Gasteiger partial charge in [-0.15, -0.1) is 11.8 Å². The number of hydrogen-bond acceptors (Lipinski definition) is 4. The zero-order valence-electron chi connectivity index (χ0n) is 17.0. The van der Waals surface area contributed by atoms with Crippen molar-refractivity contribution in [2.75, 3.05) is 42.6 Å². The fraction of sp³-hybridized carbons (Fsp3) is 0.571. The molecule has 0 saturated carbocycles. The van der Waals surface area contributed by atoms with E-state index in [9.17, 15) is 14.4 Å². The van der Waals surface area contributed by atoms with Gasteiger partial charge in [-0.1, -0.05) is 12.1 Å². The summed E-state index contributed by atoms with van der Waals surface area (Å²) in [7, 11) is 0. The SMILES string of the molecule is C[C@H](NC(=O)CSCC(=O)N1CCCCC1)c1ccc(N2CCCNC2=O)cc1. The predicted molar refractivity (Wildman–Crippen MR) is 116 cm³/mol. The molecule has 0 aliphatic carbocycles. The minimum atomic E-state index is -0.134. The molecular formula is C21H30N4O3S. The molecule has 2 fully saturated rings. The maximum Gasteiger partial charge on any atom is 0.321 e. The molecule has 0 bridgehead atoms. The van der Waals surface area contributed by atoms with Crippen molar-refractivity contribution in [1.82, 2.24) is 15.5 Å². The number of thioether (sulfide) groups is 1. The van der Waals surface area contributed by atoms with Crippen molar-refractivity contribution in [2.24, 2.45) is 0 Å². The molecular weight excluding hydrogens is 388 g/mol. The minimum Gasteiger partial charge on any atom is -0.349 e. The normalized spacial score (nSPS) is 18.2. The Labute approximate surface area is 176 Å². The first kappa shape index (κ1) is 21.5. The summed E-state index contributed by atoms with van der Waals surface area (Å²) in [5.74, 6) is 0.686. The Kier molecular flexibility index (Phi) is 7.80. The van der Waals surface area contributed by atoms with Gasteiger partial charge in [-0.25, -0.2) is 4.79 Å². The average molecular weight is 419 g/mol. The molecule has 1 atom stereocenters. The van der Waals surface area contributed by atoms with E-state index >= 15 is 0 Å². The molecule has 3 rings (SSSR count). The van der Waals surface area contributed by atoms with Gasteiger partial charge < -0.3 is 15.5 Å². The molecule has 7 nitrogen and oxygen atoms in total. The highest BCUT2D eigenvalue weighted by Gasteiger charge is 2.20. The van der Waals surface area contributed by atoms with Crippen LogP contribution < -0.4 is 15.5 Å². The van der Waals surface area contributed by atoms with Crippen molar-refractivity contribution in [3.8, 4) is 0 Å². The molecule has 1 aromatic rings. The first-order valence-electron chi connectivity index (χ1n) is 10.3. The van der Waals surface area contributed by atoms with Gasteiger partial charge in [0.1, 0.15) is 0 Å². The van der Waals surface area contributed by atoms with Crippen LogP contribution in [0, 0.1) is 0 Å². The number of piperidine rings is 1. The topological polar surface area (TPSA) is 81.8 Å². The number of urea groups is 1. The summed E-state index contributed by atoms with van der Waals surface area (Å²) in [6, 6.07) is 7.50. The third-order valence-corrected chi connectivity index (χ3v) is 6.25. The smallest absolute Gasteiger partial charge is 0.321 e. The number of hydrogen-bond donors (Lipinski definition) is 2. The van der Waals surface area contributed by atoms with Crippen molar-refractivity contribution in [1.29, 1.82) is 0 Å². The third-order valence-electron chi connectivity index (χ3n) is 5.33. The predicted octanol–water partition coefficient (Wildman–Crippen LogP) is 2.53. The van der Waals surface area contributed by atoms with Crippen molar-refractivity contribution in [3.63, 3.8) is 0 Å². The Morgan fingerprint density at radius 1 is 1.07 bits per heavy atom. The number of carbonyl (C=O) groups is 3. The van der Waals surface area contributed by atoms with E-state index < -0.39 is 0 Å². The lowest BCUT2D eigenvalue weighted by Gasteiger charge is -2.27. The van der Waals surface area contributed by atoms with E-state index in [1.165, 1.54) is 18.2 Å². The van der Waals surface area contributed by atoms with E-state index in [4.69, 9.17) is 0 Å². The van der Waals surface area contributed by atoms with E-state index in [2.05, 4.69) is 10.6 Å². The van der Waals surface area contributed by atoms with Gasteiger partial charge in [0.25, 0.3) is 0 Å². The largest absolute Gasteiger partial charge is 0.349 e. The number of nitrogens with zero attached hydrogens (tertiary/aromatic N) is 2. The molecule has 2 saturated heterocycles. The maximum atomic E-state index is 12.2. The summed E-state index contributed by atoms with van der Waals surface area (Å²) >= 11 is 1.37. The Bertz CT molecular complexity index is 719. The summed E-state index contributed by atoms with van der Waals surface area (Å²) < 4.78 is 0. The van der Waals surface area contributed by atoms with Crippen molar-refractivity contribution in [3.05, 3.63) is 29.8 Å². The molecule has 0 aromatic heterocycles. The van der Waals surface area contributed by atoms with E-state index in [0.717, 1.165) is 50.1 Å². The second-order valence-corrected chi connectivity index (χ2v) is 8.54. The number of rotatable bonds is 7. The second-order valence-electron chi connectivity index (χ2n) is 7.55. The summed E-state index contributed by atoms with van der Waals surface area (Å²) in [4.78, 5) is 39.9. The van der Waals surface area contributed by atoms with Crippen LogP contribution in [0.2, 0.25) is 0 Å². The first-order valence-corrected chi connectivity index (χ1v) is 11.5. The highest BCUT2D eigenvalue weighted by Crippen LogP contribution is 2.21. The summed E-state index contributed by atoms with van der Waals surface area (Å²) in [5.41, 5.74) is 1.84. The van der Waals surface area contributed by atoms with Crippen LogP contribution in [0.5, 0.6) is 0 Å². The Morgan fingerprint density at radius 2 is 1.79 bits per heavy atom. The van der Waals surface area contributed by atoms with E-state index in [1.54, 1.807) is 4.90 Å². The minimum absolute atomic E-state index is 0.0681. The number of likely N-dealkylation sites (tertiary alicyclic amines) is 1. The van der Waals surface area contributed by atoms with Crippen molar-refractivity contribution >= 4 is 35.3 Å². The van der Waals surface area contributed by atoms with Crippen LogP contribution in [0.3, 0.4) is 0 Å². The molecule has 0 spiro atoms. The number of carbonyl (C=O) groups excluding carboxylic acids is 3. The van der Waals surface area contributed by atoms with Crippen LogP contribution in [0.15, 0.2) is 24.3 Å². The Morgan fingerprint density at radius 3 is 2.48 bits per heavy atom. The number of anilines is 1. The van der Waals surface area contributed by atoms with Gasteiger partial charge in [-0.05, 0) is 50.3 Å². The Hall–Kier alpha value is -2.22. The molecule has 0 unspecified atom stereocenters. The molecule has 158 valence electrons. The molecule has 2 aliphatic rings. The van der Waals surface area contributed by atoms with E-state index in [0.29, 0.717) is 12.3 Å². The van der Waals surface area contributed by atoms with Gasteiger partial charge in [0.2, 0.25) is 11.8 Å². The summed E-state index contributed by atoms with van der Waals surface area (Å²) in [6.07, 6.45) is 4.28. The fourth-order valence-corrected chi connectivity index (χ4v) is 4.38. The van der Waals surface area contributed by atoms with Gasteiger partial charge in [0.15, 0.2) is 0 Å². The van der Waals surface area contributed by atoms with E-state index in [-0.39, 0.29) is 29.6 Å². The average Bonchev–Trinajstić information content (AvgIpc) is 2.74. The third kappa shape index (κ3) is 6.13. The summed E-state index contributed by atoms with van der Waals surface area (Å²) in [6.45, 7) is 5.06. The van der Waals surface area contributed by atoms with Crippen LogP contribution in [-0.2, 0) is 9.59 Å². The quantitative estimate of drug-likeness (QED) is 0.713. The van der Waals surface area contributed by atoms with Gasteiger partial charge in [-0.2, -0.15) is 0 Å². The van der Waals surface area contributed by atoms with Crippen LogP contribution in [0.4, 0.5) is 10.5 Å². The molecule has 1 aromatic carbocycles. The zero-order valence-corrected chi connectivity index (χ0v) is 17.8. The van der Waals surface area contributed by atoms with Crippen LogP contribution in [-0.4, -0.2) is 60.4 Å². The summed E-state index contributed by atoms with van der Waals surface area (Å²) in [5, 5.41) is 5.82. The number of nitrogens with one attached hydrogen (secondary N) is 2. The van der Waals surface area contributed by atoms with Gasteiger partial charge in [-0.3, -0.25) is 14.5 Å². The van der Waals surface area contributed by atoms with Crippen LogP contribution >= 0.6 is 11.8 Å². The van der Waals surface area contributed by atoms with Gasteiger partial charge in [0, 0.05) is 31.9 Å². The van der Waals surface area contributed by atoms with Crippen LogP contribution in [0.25, 0.3) is 0 Å². The molecule has 0 radical (unpaired) electrons. The highest BCUT2D eigenvalue weighted by molar-refractivity contribution is 8.00. The number of benzene rings is 1. The fourth-order valence-electron chi connectivity index (χ4n) is 3.65. The zero-order chi connectivity index (χ0) is 20.6. The van der Waals surface area contributed by atoms with Gasteiger partial charge in [0.05, 0.1) is 17.5 Å². The number of amides is 4. The molecule has 2 heterocycles.